The first-order valence-corrected chi connectivity index (χ1v) is 8.08. The van der Waals surface area contributed by atoms with Crippen LogP contribution in [0.15, 0.2) is 57.5 Å². The van der Waals surface area contributed by atoms with Crippen molar-refractivity contribution in [3.63, 3.8) is 0 Å². The number of carbonyl (C=O) groups is 1. The van der Waals surface area contributed by atoms with Gasteiger partial charge in [0.25, 0.3) is 5.91 Å². The third kappa shape index (κ3) is 4.12. The number of nitrogens with two attached hydrogens (primary N) is 1. The van der Waals surface area contributed by atoms with E-state index < -0.39 is 6.04 Å². The SMILES string of the molecule is NC(=S)C(NC(=O)c1cc(Br)ccc1Br)c1ccccc1. The molecule has 0 aliphatic carbocycles. The molecule has 1 unspecified atom stereocenters. The first-order valence-electron chi connectivity index (χ1n) is 6.09. The summed E-state index contributed by atoms with van der Waals surface area (Å²) in [6.45, 7) is 0. The van der Waals surface area contributed by atoms with Crippen LogP contribution in [0.3, 0.4) is 0 Å². The Kier molecular flexibility index (Phi) is 5.50. The highest BCUT2D eigenvalue weighted by molar-refractivity contribution is 9.11. The number of hydrogen-bond acceptors (Lipinski definition) is 2. The molecule has 0 aliphatic heterocycles. The van der Waals surface area contributed by atoms with Gasteiger partial charge >= 0.3 is 0 Å². The second-order valence-corrected chi connectivity index (χ2v) is 6.59. The number of nitrogens with one attached hydrogen (secondary N) is 1. The van der Waals surface area contributed by atoms with Gasteiger partial charge in [-0.15, -0.1) is 0 Å². The van der Waals surface area contributed by atoms with Crippen molar-refractivity contribution in [1.82, 2.24) is 5.32 Å². The number of thiocarbonyl (C=S) groups is 1. The Morgan fingerprint density at radius 3 is 2.43 bits per heavy atom. The van der Waals surface area contributed by atoms with Crippen LogP contribution in [-0.2, 0) is 0 Å². The van der Waals surface area contributed by atoms with E-state index in [1.54, 1.807) is 12.1 Å². The molecule has 3 N–H and O–H groups in total. The van der Waals surface area contributed by atoms with E-state index in [0.717, 1.165) is 10.0 Å². The second kappa shape index (κ2) is 7.15. The fourth-order valence-corrected chi connectivity index (χ4v) is 2.83. The molecule has 0 saturated heterocycles. The second-order valence-electron chi connectivity index (χ2n) is 4.34. The predicted octanol–water partition coefficient (Wildman–Crippen LogP) is 3.97. The summed E-state index contributed by atoms with van der Waals surface area (Å²) in [7, 11) is 0. The quantitative estimate of drug-likeness (QED) is 0.725. The minimum absolute atomic E-state index is 0.223. The molecule has 0 saturated carbocycles. The van der Waals surface area contributed by atoms with E-state index in [1.807, 2.05) is 36.4 Å². The molecular formula is C15H12Br2N2OS. The fraction of sp³-hybridized carbons (Fsp3) is 0.0667. The van der Waals surface area contributed by atoms with Crippen LogP contribution in [0.1, 0.15) is 22.0 Å². The zero-order chi connectivity index (χ0) is 15.4. The highest BCUT2D eigenvalue weighted by Crippen LogP contribution is 2.22. The first-order chi connectivity index (χ1) is 9.99. The lowest BCUT2D eigenvalue weighted by molar-refractivity contribution is 0.0946. The smallest absolute Gasteiger partial charge is 0.253 e. The third-order valence-electron chi connectivity index (χ3n) is 2.87. The molecule has 2 rings (SSSR count). The highest BCUT2D eigenvalue weighted by Gasteiger charge is 2.19. The number of carbonyl (C=O) groups excluding carboxylic acids is 1. The summed E-state index contributed by atoms with van der Waals surface area (Å²) >= 11 is 11.8. The van der Waals surface area contributed by atoms with Crippen LogP contribution in [-0.4, -0.2) is 10.9 Å². The van der Waals surface area contributed by atoms with Crippen molar-refractivity contribution in [3.05, 3.63) is 68.6 Å². The molecule has 0 spiro atoms. The van der Waals surface area contributed by atoms with Gasteiger partial charge in [-0.3, -0.25) is 4.79 Å². The molecule has 3 nitrogen and oxygen atoms in total. The summed E-state index contributed by atoms with van der Waals surface area (Å²) < 4.78 is 1.53. The zero-order valence-corrected chi connectivity index (χ0v) is 14.8. The average Bonchev–Trinajstić information content (AvgIpc) is 2.47. The molecule has 0 fully saturated rings. The highest BCUT2D eigenvalue weighted by atomic mass is 79.9. The van der Waals surface area contributed by atoms with E-state index in [1.165, 1.54) is 0 Å². The van der Waals surface area contributed by atoms with Gasteiger partial charge in [-0.25, -0.2) is 0 Å². The molecule has 0 radical (unpaired) electrons. The molecule has 0 heterocycles. The fourth-order valence-electron chi connectivity index (χ4n) is 1.84. The number of hydrogen-bond donors (Lipinski definition) is 2. The molecule has 21 heavy (non-hydrogen) atoms. The minimum Gasteiger partial charge on any atom is -0.391 e. The van der Waals surface area contributed by atoms with E-state index >= 15 is 0 Å². The first kappa shape index (κ1) is 16.1. The monoisotopic (exact) mass is 426 g/mol. The van der Waals surface area contributed by atoms with Crippen LogP contribution < -0.4 is 11.1 Å². The summed E-state index contributed by atoms with van der Waals surface area (Å²) in [5, 5.41) is 2.86. The summed E-state index contributed by atoms with van der Waals surface area (Å²) in [5.41, 5.74) is 7.13. The van der Waals surface area contributed by atoms with Crippen molar-refractivity contribution in [1.29, 1.82) is 0 Å². The van der Waals surface area contributed by atoms with Gasteiger partial charge in [0.1, 0.15) is 11.0 Å². The molecule has 108 valence electrons. The maximum absolute atomic E-state index is 12.4. The molecule has 1 atom stereocenters. The van der Waals surface area contributed by atoms with E-state index in [4.69, 9.17) is 18.0 Å². The number of rotatable bonds is 4. The maximum atomic E-state index is 12.4. The van der Waals surface area contributed by atoms with Gasteiger partial charge in [0, 0.05) is 8.95 Å². The molecular weight excluding hydrogens is 416 g/mol. The third-order valence-corrected chi connectivity index (χ3v) is 4.29. The Labute approximate surface area is 145 Å². The molecule has 1 amide bonds. The Morgan fingerprint density at radius 1 is 1.14 bits per heavy atom. The lowest BCUT2D eigenvalue weighted by Crippen LogP contribution is -2.36. The van der Waals surface area contributed by atoms with Gasteiger partial charge < -0.3 is 11.1 Å². The van der Waals surface area contributed by atoms with Crippen molar-refractivity contribution in [2.24, 2.45) is 5.73 Å². The van der Waals surface area contributed by atoms with Crippen LogP contribution in [0.5, 0.6) is 0 Å². The largest absolute Gasteiger partial charge is 0.391 e. The van der Waals surface area contributed by atoms with Crippen molar-refractivity contribution < 1.29 is 4.79 Å². The summed E-state index contributed by atoms with van der Waals surface area (Å²) in [6, 6.07) is 14.3. The Hall–Kier alpha value is -1.24. The van der Waals surface area contributed by atoms with Gasteiger partial charge in [-0.1, -0.05) is 58.5 Å². The standard InChI is InChI=1S/C15H12Br2N2OS/c16-10-6-7-12(17)11(8-10)15(20)19-13(14(18)21)9-4-2-1-3-5-9/h1-8,13H,(H2,18,21)(H,19,20). The minimum atomic E-state index is -0.500. The van der Waals surface area contributed by atoms with Gasteiger partial charge in [-0.05, 0) is 39.7 Å². The zero-order valence-electron chi connectivity index (χ0n) is 10.8. The number of benzene rings is 2. The van der Waals surface area contributed by atoms with Gasteiger partial charge in [0.05, 0.1) is 5.56 Å². The van der Waals surface area contributed by atoms with Crippen LogP contribution in [0.2, 0.25) is 0 Å². The van der Waals surface area contributed by atoms with Crippen molar-refractivity contribution in [3.8, 4) is 0 Å². The van der Waals surface area contributed by atoms with Crippen molar-refractivity contribution in [2.45, 2.75) is 6.04 Å². The Bertz CT molecular complexity index is 677. The van der Waals surface area contributed by atoms with Gasteiger partial charge in [0.2, 0.25) is 0 Å². The topological polar surface area (TPSA) is 55.1 Å². The number of amides is 1. The lowest BCUT2D eigenvalue weighted by atomic mass is 10.1. The molecule has 2 aromatic rings. The Morgan fingerprint density at radius 2 is 1.81 bits per heavy atom. The molecule has 6 heteroatoms. The molecule has 2 aromatic carbocycles. The summed E-state index contributed by atoms with van der Waals surface area (Å²) in [6.07, 6.45) is 0. The van der Waals surface area contributed by atoms with Crippen LogP contribution in [0.4, 0.5) is 0 Å². The number of halogens is 2. The van der Waals surface area contributed by atoms with Gasteiger partial charge in [0.15, 0.2) is 0 Å². The van der Waals surface area contributed by atoms with Crippen molar-refractivity contribution >= 4 is 55.0 Å². The average molecular weight is 428 g/mol. The summed E-state index contributed by atoms with van der Waals surface area (Å²) in [4.78, 5) is 12.7. The van der Waals surface area contributed by atoms with Crippen LogP contribution >= 0.6 is 44.1 Å². The Balaban J connectivity index is 2.27. The van der Waals surface area contributed by atoms with Crippen molar-refractivity contribution in [2.75, 3.05) is 0 Å². The lowest BCUT2D eigenvalue weighted by Gasteiger charge is -2.18. The van der Waals surface area contributed by atoms with Crippen LogP contribution in [0.25, 0.3) is 0 Å². The molecule has 0 aromatic heterocycles. The van der Waals surface area contributed by atoms with E-state index in [9.17, 15) is 4.79 Å². The van der Waals surface area contributed by atoms with E-state index in [2.05, 4.69) is 37.2 Å². The molecule has 0 bridgehead atoms. The summed E-state index contributed by atoms with van der Waals surface area (Å²) in [5.74, 6) is -0.246. The molecule has 0 aliphatic rings. The predicted molar refractivity (Wildman–Crippen MR) is 95.3 cm³/mol. The maximum Gasteiger partial charge on any atom is 0.253 e. The van der Waals surface area contributed by atoms with Crippen LogP contribution in [0, 0.1) is 0 Å². The van der Waals surface area contributed by atoms with E-state index in [0.29, 0.717) is 10.0 Å². The normalized spacial score (nSPS) is 11.7. The van der Waals surface area contributed by atoms with E-state index in [-0.39, 0.29) is 10.9 Å². The van der Waals surface area contributed by atoms with Gasteiger partial charge in [-0.2, -0.15) is 0 Å².